The first-order chi connectivity index (χ1) is 8.99. The monoisotopic (exact) mass is 281 g/mol. The maximum atomic E-state index is 6.01. The molecule has 1 unspecified atom stereocenters. The summed E-state index contributed by atoms with van der Waals surface area (Å²) in [5.74, 6) is 1.04. The van der Waals surface area contributed by atoms with E-state index in [0.29, 0.717) is 29.8 Å². The lowest BCUT2D eigenvalue weighted by Crippen LogP contribution is -2.33. The van der Waals surface area contributed by atoms with Gasteiger partial charge in [-0.3, -0.25) is 0 Å². The average Bonchev–Trinajstić information content (AvgIpc) is 2.36. The molecule has 0 amide bonds. The molecule has 5 heteroatoms. The first-order valence-electron chi connectivity index (χ1n) is 6.08. The van der Waals surface area contributed by atoms with Gasteiger partial charge in [-0.05, 0) is 26.0 Å². The van der Waals surface area contributed by atoms with Crippen LogP contribution in [0.5, 0.6) is 5.75 Å². The molecule has 1 rings (SSSR count). The second-order valence-electron chi connectivity index (χ2n) is 4.40. The van der Waals surface area contributed by atoms with E-state index < -0.39 is 0 Å². The number of hydrogen-bond acceptors (Lipinski definition) is 2. The van der Waals surface area contributed by atoms with Crippen molar-refractivity contribution >= 4 is 17.6 Å². The van der Waals surface area contributed by atoms with Gasteiger partial charge in [0.1, 0.15) is 11.9 Å². The van der Waals surface area contributed by atoms with Gasteiger partial charge in [-0.15, -0.1) is 0 Å². The number of rotatable bonds is 6. The van der Waals surface area contributed by atoms with Gasteiger partial charge in [0, 0.05) is 6.54 Å². The summed E-state index contributed by atoms with van der Waals surface area (Å²) in [6.07, 6.45) is -0.106. The smallest absolute Gasteiger partial charge is 0.188 e. The van der Waals surface area contributed by atoms with Crippen molar-refractivity contribution in [2.24, 2.45) is 10.7 Å². The van der Waals surface area contributed by atoms with E-state index in [1.54, 1.807) is 6.07 Å². The maximum absolute atomic E-state index is 6.01. The van der Waals surface area contributed by atoms with Crippen molar-refractivity contribution in [1.82, 2.24) is 5.32 Å². The third-order valence-corrected chi connectivity index (χ3v) is 2.57. The Kier molecular flexibility index (Phi) is 6.22. The van der Waals surface area contributed by atoms with Crippen LogP contribution in [-0.2, 0) is 0 Å². The van der Waals surface area contributed by atoms with E-state index >= 15 is 0 Å². The van der Waals surface area contributed by atoms with Crippen LogP contribution in [0.3, 0.4) is 0 Å². The molecule has 1 aromatic carbocycles. The van der Waals surface area contributed by atoms with Crippen molar-refractivity contribution in [3.63, 3.8) is 0 Å². The predicted molar refractivity (Wildman–Crippen MR) is 80.8 cm³/mol. The van der Waals surface area contributed by atoms with Crippen LogP contribution >= 0.6 is 11.6 Å². The van der Waals surface area contributed by atoms with Crippen LogP contribution in [0.15, 0.2) is 41.4 Å². The molecule has 19 heavy (non-hydrogen) atoms. The highest BCUT2D eigenvalue weighted by atomic mass is 35.5. The molecular formula is C14H20ClN3O. The van der Waals surface area contributed by atoms with Crippen molar-refractivity contribution in [3.05, 3.63) is 41.4 Å². The molecule has 0 radical (unpaired) electrons. The summed E-state index contributed by atoms with van der Waals surface area (Å²) in [6, 6.07) is 7.35. The Morgan fingerprint density at radius 1 is 1.53 bits per heavy atom. The Bertz CT molecular complexity index is 460. The van der Waals surface area contributed by atoms with Gasteiger partial charge >= 0.3 is 0 Å². The van der Waals surface area contributed by atoms with Crippen molar-refractivity contribution in [2.75, 3.05) is 13.1 Å². The second-order valence-corrected chi connectivity index (χ2v) is 4.80. The lowest BCUT2D eigenvalue weighted by molar-refractivity contribution is 0.230. The van der Waals surface area contributed by atoms with Crippen LogP contribution in [-0.4, -0.2) is 25.2 Å². The molecule has 0 spiro atoms. The number of nitrogens with one attached hydrogen (secondary N) is 1. The number of guanidine groups is 1. The molecule has 0 heterocycles. The number of aliphatic imine (C=N–C) groups is 1. The van der Waals surface area contributed by atoms with E-state index in [9.17, 15) is 0 Å². The van der Waals surface area contributed by atoms with Gasteiger partial charge in [0.25, 0.3) is 0 Å². The van der Waals surface area contributed by atoms with Crippen LogP contribution < -0.4 is 15.8 Å². The molecule has 0 aromatic heterocycles. The van der Waals surface area contributed by atoms with Crippen LogP contribution in [0.2, 0.25) is 5.02 Å². The van der Waals surface area contributed by atoms with Crippen molar-refractivity contribution in [3.8, 4) is 5.75 Å². The molecule has 0 aliphatic heterocycles. The summed E-state index contributed by atoms with van der Waals surface area (Å²) in [4.78, 5) is 4.20. The third kappa shape index (κ3) is 6.15. The Morgan fingerprint density at radius 3 is 2.84 bits per heavy atom. The summed E-state index contributed by atoms with van der Waals surface area (Å²) in [5, 5.41) is 3.55. The number of benzene rings is 1. The van der Waals surface area contributed by atoms with E-state index in [1.165, 1.54) is 0 Å². The van der Waals surface area contributed by atoms with E-state index in [0.717, 1.165) is 5.57 Å². The summed E-state index contributed by atoms with van der Waals surface area (Å²) < 4.78 is 5.68. The van der Waals surface area contributed by atoms with Gasteiger partial charge in [-0.2, -0.15) is 0 Å². The van der Waals surface area contributed by atoms with Gasteiger partial charge < -0.3 is 15.8 Å². The SMILES string of the molecule is C=C(C)CNC(N)=NCC(C)Oc1ccccc1Cl. The summed E-state index contributed by atoms with van der Waals surface area (Å²) in [5.41, 5.74) is 6.71. The molecule has 0 bridgehead atoms. The average molecular weight is 282 g/mol. The van der Waals surface area contributed by atoms with E-state index in [4.69, 9.17) is 22.1 Å². The highest BCUT2D eigenvalue weighted by Crippen LogP contribution is 2.24. The Balaban J connectivity index is 2.43. The topological polar surface area (TPSA) is 59.6 Å². The summed E-state index contributed by atoms with van der Waals surface area (Å²) in [6.45, 7) is 8.69. The largest absolute Gasteiger partial charge is 0.487 e. The summed E-state index contributed by atoms with van der Waals surface area (Å²) >= 11 is 6.01. The molecule has 4 nitrogen and oxygen atoms in total. The third-order valence-electron chi connectivity index (χ3n) is 2.25. The lowest BCUT2D eigenvalue weighted by Gasteiger charge is -2.14. The first-order valence-corrected chi connectivity index (χ1v) is 6.46. The van der Waals surface area contributed by atoms with E-state index in [1.807, 2.05) is 32.0 Å². The lowest BCUT2D eigenvalue weighted by atomic mass is 10.3. The van der Waals surface area contributed by atoms with Crippen molar-refractivity contribution < 1.29 is 4.74 Å². The van der Waals surface area contributed by atoms with E-state index in [-0.39, 0.29) is 6.10 Å². The van der Waals surface area contributed by atoms with E-state index in [2.05, 4.69) is 16.9 Å². The number of para-hydroxylation sites is 1. The Labute approximate surface area is 119 Å². The zero-order valence-corrected chi connectivity index (χ0v) is 12.1. The number of halogens is 1. The zero-order chi connectivity index (χ0) is 14.3. The zero-order valence-electron chi connectivity index (χ0n) is 11.3. The molecule has 1 atom stereocenters. The van der Waals surface area contributed by atoms with Crippen LogP contribution in [0.4, 0.5) is 0 Å². The minimum Gasteiger partial charge on any atom is -0.487 e. The predicted octanol–water partition coefficient (Wildman–Crippen LogP) is 2.59. The molecule has 104 valence electrons. The normalized spacial score (nSPS) is 12.9. The minimum absolute atomic E-state index is 0.106. The molecular weight excluding hydrogens is 262 g/mol. The number of nitrogens with zero attached hydrogens (tertiary/aromatic N) is 1. The second kappa shape index (κ2) is 7.69. The van der Waals surface area contributed by atoms with Gasteiger partial charge in [0.15, 0.2) is 5.96 Å². The number of nitrogens with two attached hydrogens (primary N) is 1. The molecule has 0 aliphatic rings. The molecule has 0 aliphatic carbocycles. The van der Waals surface area contributed by atoms with Crippen LogP contribution in [0.25, 0.3) is 0 Å². The van der Waals surface area contributed by atoms with Gasteiger partial charge in [0.05, 0.1) is 11.6 Å². The highest BCUT2D eigenvalue weighted by molar-refractivity contribution is 6.32. The number of ether oxygens (including phenoxy) is 1. The minimum atomic E-state index is -0.106. The highest BCUT2D eigenvalue weighted by Gasteiger charge is 2.06. The standard InChI is InChI=1S/C14H20ClN3O/c1-10(2)8-17-14(16)18-9-11(3)19-13-7-5-4-6-12(13)15/h4-7,11H,1,8-9H2,2-3H3,(H3,16,17,18). The Morgan fingerprint density at radius 2 is 2.21 bits per heavy atom. The fraction of sp³-hybridized carbons (Fsp3) is 0.357. The Hall–Kier alpha value is -1.68. The quantitative estimate of drug-likeness (QED) is 0.479. The molecule has 3 N–H and O–H groups in total. The van der Waals surface area contributed by atoms with Crippen molar-refractivity contribution in [1.29, 1.82) is 0 Å². The summed E-state index contributed by atoms with van der Waals surface area (Å²) in [7, 11) is 0. The van der Waals surface area contributed by atoms with Gasteiger partial charge in [-0.1, -0.05) is 35.9 Å². The number of hydrogen-bond donors (Lipinski definition) is 2. The molecule has 1 aromatic rings. The molecule has 0 saturated carbocycles. The van der Waals surface area contributed by atoms with Gasteiger partial charge in [0.2, 0.25) is 0 Å². The maximum Gasteiger partial charge on any atom is 0.188 e. The van der Waals surface area contributed by atoms with Crippen molar-refractivity contribution in [2.45, 2.75) is 20.0 Å². The van der Waals surface area contributed by atoms with Crippen LogP contribution in [0.1, 0.15) is 13.8 Å². The first kappa shape index (κ1) is 15.4. The van der Waals surface area contributed by atoms with Crippen LogP contribution in [0, 0.1) is 0 Å². The fourth-order valence-corrected chi connectivity index (χ4v) is 1.50. The molecule has 0 fully saturated rings. The van der Waals surface area contributed by atoms with Gasteiger partial charge in [-0.25, -0.2) is 4.99 Å². The molecule has 0 saturated heterocycles. The fourth-order valence-electron chi connectivity index (χ4n) is 1.32.